The van der Waals surface area contributed by atoms with Crippen LogP contribution in [0.5, 0.6) is 11.5 Å². The summed E-state index contributed by atoms with van der Waals surface area (Å²) in [6.07, 6.45) is 0.974. The third-order valence-corrected chi connectivity index (χ3v) is 6.42. The summed E-state index contributed by atoms with van der Waals surface area (Å²) >= 11 is 18.0. The zero-order chi connectivity index (χ0) is 22.9. The summed E-state index contributed by atoms with van der Waals surface area (Å²) in [4.78, 5) is 4.56. The van der Waals surface area contributed by atoms with Gasteiger partial charge in [0.1, 0.15) is 11.5 Å². The zero-order valence-electron chi connectivity index (χ0n) is 18.4. The summed E-state index contributed by atoms with van der Waals surface area (Å²) in [5.74, 6) is 1.51. The lowest BCUT2D eigenvalue weighted by molar-refractivity contribution is 0.0367. The van der Waals surface area contributed by atoms with Crippen molar-refractivity contribution in [3.8, 4) is 11.5 Å². The Kier molecular flexibility index (Phi) is 9.69. The van der Waals surface area contributed by atoms with Gasteiger partial charge in [-0.2, -0.15) is 0 Å². The molecular weight excluding hydrogens is 469 g/mol. The summed E-state index contributed by atoms with van der Waals surface area (Å²) in [5.41, 5.74) is 1.82. The van der Waals surface area contributed by atoms with Crippen molar-refractivity contribution in [3.05, 3.63) is 52.0 Å². The first-order valence-corrected chi connectivity index (χ1v) is 11.7. The van der Waals surface area contributed by atoms with Crippen LogP contribution in [0, 0.1) is 0 Å². The van der Waals surface area contributed by atoms with Gasteiger partial charge in [0.25, 0.3) is 0 Å². The van der Waals surface area contributed by atoms with Crippen LogP contribution in [-0.2, 0) is 11.3 Å². The number of hydrogen-bond acceptors (Lipinski definition) is 5. The van der Waals surface area contributed by atoms with Crippen LogP contribution in [0.15, 0.2) is 36.4 Å². The lowest BCUT2D eigenvalue weighted by atomic mass is 10.1. The van der Waals surface area contributed by atoms with Crippen LogP contribution in [-0.4, -0.2) is 68.5 Å². The molecule has 0 amide bonds. The number of hydrogen-bond donors (Lipinski definition) is 1. The Morgan fingerprint density at radius 2 is 1.88 bits per heavy atom. The van der Waals surface area contributed by atoms with Crippen LogP contribution in [0.1, 0.15) is 12.0 Å². The number of benzene rings is 2. The van der Waals surface area contributed by atoms with E-state index in [1.807, 2.05) is 24.3 Å². The molecule has 0 spiro atoms. The van der Waals surface area contributed by atoms with Crippen LogP contribution in [0.4, 0.5) is 5.69 Å². The number of thiocarbonyl (C=S) groups is 1. The van der Waals surface area contributed by atoms with Gasteiger partial charge in [-0.25, -0.2) is 0 Å². The van der Waals surface area contributed by atoms with Crippen LogP contribution >= 0.6 is 35.4 Å². The standard InChI is InChI=1S/C23H29Cl2N3O3S/c1-29-19-6-4-17(22(15-19)30-2)16-28(9-3-8-27-10-12-31-13-11-27)23(32)26-18-5-7-20(24)21(25)14-18/h4-7,14-15H,3,8-13,16H2,1-2H3,(H,26,32). The van der Waals surface area contributed by atoms with Crippen molar-refractivity contribution < 1.29 is 14.2 Å². The molecule has 0 aliphatic carbocycles. The van der Waals surface area contributed by atoms with E-state index in [0.717, 1.165) is 68.6 Å². The second kappa shape index (κ2) is 12.5. The van der Waals surface area contributed by atoms with Crippen molar-refractivity contribution in [2.24, 2.45) is 0 Å². The molecule has 3 rings (SSSR count). The maximum atomic E-state index is 6.17. The van der Waals surface area contributed by atoms with Crippen LogP contribution < -0.4 is 14.8 Å². The topological polar surface area (TPSA) is 46.2 Å². The quantitative estimate of drug-likeness (QED) is 0.492. The van der Waals surface area contributed by atoms with Crippen LogP contribution in [0.3, 0.4) is 0 Å². The average Bonchev–Trinajstić information content (AvgIpc) is 2.81. The number of halogens is 2. The Hall–Kier alpha value is -1.77. The van der Waals surface area contributed by atoms with E-state index in [1.54, 1.807) is 26.4 Å². The number of nitrogens with one attached hydrogen (secondary N) is 1. The van der Waals surface area contributed by atoms with Gasteiger partial charge in [-0.15, -0.1) is 0 Å². The SMILES string of the molecule is COc1ccc(CN(CCCN2CCOCC2)C(=S)Nc2ccc(Cl)c(Cl)c2)c(OC)c1. The number of rotatable bonds is 9. The summed E-state index contributed by atoms with van der Waals surface area (Å²) in [6.45, 7) is 5.92. The molecule has 9 heteroatoms. The highest BCUT2D eigenvalue weighted by Crippen LogP contribution is 2.27. The molecule has 2 aromatic rings. The van der Waals surface area contributed by atoms with E-state index < -0.39 is 0 Å². The highest BCUT2D eigenvalue weighted by molar-refractivity contribution is 7.80. The lowest BCUT2D eigenvalue weighted by Gasteiger charge is -2.30. The molecule has 0 radical (unpaired) electrons. The van der Waals surface area contributed by atoms with Gasteiger partial charge in [-0.05, 0) is 49.0 Å². The zero-order valence-corrected chi connectivity index (χ0v) is 20.7. The number of morpholine rings is 1. The third-order valence-electron chi connectivity index (χ3n) is 5.32. The monoisotopic (exact) mass is 497 g/mol. The van der Waals surface area contributed by atoms with E-state index in [4.69, 9.17) is 49.6 Å². The van der Waals surface area contributed by atoms with Gasteiger partial charge in [0.2, 0.25) is 0 Å². The van der Waals surface area contributed by atoms with Gasteiger partial charge < -0.3 is 24.4 Å². The number of anilines is 1. The highest BCUT2D eigenvalue weighted by atomic mass is 35.5. The minimum Gasteiger partial charge on any atom is -0.497 e. The molecule has 0 unspecified atom stereocenters. The average molecular weight is 498 g/mol. The van der Waals surface area contributed by atoms with Crippen LogP contribution in [0.2, 0.25) is 10.0 Å². The van der Waals surface area contributed by atoms with Crippen molar-refractivity contribution in [3.63, 3.8) is 0 Å². The molecular formula is C23H29Cl2N3O3S. The van der Waals surface area contributed by atoms with Crippen molar-refractivity contribution >= 4 is 46.2 Å². The molecule has 174 valence electrons. The molecule has 0 saturated carbocycles. The van der Waals surface area contributed by atoms with Gasteiger partial charge in [-0.1, -0.05) is 23.2 Å². The number of nitrogens with zero attached hydrogens (tertiary/aromatic N) is 2. The summed E-state index contributed by atoms with van der Waals surface area (Å²) < 4.78 is 16.4. The second-order valence-corrected chi connectivity index (χ2v) is 8.67. The van der Waals surface area contributed by atoms with Gasteiger partial charge in [-0.3, -0.25) is 4.90 Å². The fraction of sp³-hybridized carbons (Fsp3) is 0.435. The smallest absolute Gasteiger partial charge is 0.173 e. The molecule has 1 saturated heterocycles. The van der Waals surface area contributed by atoms with Gasteiger partial charge in [0.15, 0.2) is 5.11 Å². The maximum Gasteiger partial charge on any atom is 0.173 e. The summed E-state index contributed by atoms with van der Waals surface area (Å²) in [5, 5.41) is 4.90. The van der Waals surface area contributed by atoms with E-state index in [-0.39, 0.29) is 0 Å². The first-order valence-electron chi connectivity index (χ1n) is 10.5. The summed E-state index contributed by atoms with van der Waals surface area (Å²) in [7, 11) is 3.30. The molecule has 1 fully saturated rings. The maximum absolute atomic E-state index is 6.17. The number of ether oxygens (including phenoxy) is 3. The third kappa shape index (κ3) is 7.12. The fourth-order valence-corrected chi connectivity index (χ4v) is 4.10. The molecule has 0 bridgehead atoms. The Morgan fingerprint density at radius 1 is 1.09 bits per heavy atom. The Morgan fingerprint density at radius 3 is 2.56 bits per heavy atom. The van der Waals surface area contributed by atoms with Crippen molar-refractivity contribution in [2.45, 2.75) is 13.0 Å². The van der Waals surface area contributed by atoms with Crippen LogP contribution in [0.25, 0.3) is 0 Å². The fourth-order valence-electron chi connectivity index (χ4n) is 3.53. The molecule has 1 N–H and O–H groups in total. The van der Waals surface area contributed by atoms with Crippen molar-refractivity contribution in [1.82, 2.24) is 9.80 Å². The van der Waals surface area contributed by atoms with E-state index >= 15 is 0 Å². The number of methoxy groups -OCH3 is 2. The van der Waals surface area contributed by atoms with Gasteiger partial charge >= 0.3 is 0 Å². The Labute approximate surface area is 205 Å². The molecule has 1 aliphatic heterocycles. The minimum absolute atomic E-state index is 0.482. The van der Waals surface area contributed by atoms with Crippen molar-refractivity contribution in [1.29, 1.82) is 0 Å². The predicted octanol–water partition coefficient (Wildman–Crippen LogP) is 4.93. The predicted molar refractivity (Wildman–Crippen MR) is 135 cm³/mol. The Bertz CT molecular complexity index is 910. The molecule has 32 heavy (non-hydrogen) atoms. The first-order chi connectivity index (χ1) is 15.5. The Balaban J connectivity index is 1.71. The lowest BCUT2D eigenvalue weighted by Crippen LogP contribution is -2.40. The van der Waals surface area contributed by atoms with Gasteiger partial charge in [0.05, 0.1) is 37.5 Å². The molecule has 2 aromatic carbocycles. The molecule has 1 heterocycles. The van der Waals surface area contributed by atoms with E-state index in [1.165, 1.54) is 0 Å². The second-order valence-electron chi connectivity index (χ2n) is 7.47. The van der Waals surface area contributed by atoms with Gasteiger partial charge in [0, 0.05) is 50.0 Å². The molecule has 6 nitrogen and oxygen atoms in total. The van der Waals surface area contributed by atoms with E-state index in [2.05, 4.69) is 15.1 Å². The minimum atomic E-state index is 0.482. The van der Waals surface area contributed by atoms with Crippen molar-refractivity contribution in [2.75, 3.05) is 58.9 Å². The normalized spacial score (nSPS) is 14.1. The largest absolute Gasteiger partial charge is 0.497 e. The molecule has 1 aliphatic rings. The van der Waals surface area contributed by atoms with E-state index in [0.29, 0.717) is 21.7 Å². The van der Waals surface area contributed by atoms with E-state index in [9.17, 15) is 0 Å². The highest BCUT2D eigenvalue weighted by Gasteiger charge is 2.16. The molecule has 0 atom stereocenters. The summed E-state index contributed by atoms with van der Waals surface area (Å²) in [6, 6.07) is 11.2. The first kappa shape index (κ1) is 24.9. The molecule has 0 aromatic heterocycles.